The van der Waals surface area contributed by atoms with E-state index in [1.54, 1.807) is 0 Å². The Morgan fingerprint density at radius 3 is 1.23 bits per heavy atom. The maximum atomic E-state index is 5.51. The highest BCUT2D eigenvalue weighted by Crippen LogP contribution is 2.08. The van der Waals surface area contributed by atoms with E-state index in [-0.39, 0.29) is 0 Å². The Balaban J connectivity index is 1.37. The minimum Gasteiger partial charge on any atom is -0.491 e. The molecule has 0 unspecified atom stereocenters. The van der Waals surface area contributed by atoms with Gasteiger partial charge in [-0.15, -0.1) is 0 Å². The average Bonchev–Trinajstić information content (AvgIpc) is 2.58. The molecule has 0 saturated heterocycles. The fourth-order valence-corrected chi connectivity index (χ4v) is 1.79. The van der Waals surface area contributed by atoms with E-state index < -0.39 is 0 Å². The van der Waals surface area contributed by atoms with Gasteiger partial charge in [0.2, 0.25) is 0 Å². The summed E-state index contributed by atoms with van der Waals surface area (Å²) in [4.78, 5) is 0. The van der Waals surface area contributed by atoms with Gasteiger partial charge in [-0.05, 0) is 24.3 Å². The molecule has 4 nitrogen and oxygen atoms in total. The minimum absolute atomic E-state index is 0.543. The summed E-state index contributed by atoms with van der Waals surface area (Å²) >= 11 is 0. The normalized spacial score (nSPS) is 10.4. The topological polar surface area (TPSA) is 36.9 Å². The highest BCUT2D eigenvalue weighted by Gasteiger charge is 1.94. The van der Waals surface area contributed by atoms with E-state index in [2.05, 4.69) is 0 Å². The molecule has 0 radical (unpaired) electrons. The summed E-state index contributed by atoms with van der Waals surface area (Å²) in [7, 11) is 0. The molecule has 0 spiro atoms. The van der Waals surface area contributed by atoms with Crippen LogP contribution in [0.15, 0.2) is 60.7 Å². The smallest absolute Gasteiger partial charge is 0.119 e. The third-order valence-electron chi connectivity index (χ3n) is 2.85. The summed E-state index contributed by atoms with van der Waals surface area (Å²) < 4.78 is 21.9. The van der Waals surface area contributed by atoms with Crippen molar-refractivity contribution in [3.63, 3.8) is 0 Å². The van der Waals surface area contributed by atoms with Crippen LogP contribution in [-0.2, 0) is 9.47 Å². The van der Waals surface area contributed by atoms with Crippen LogP contribution in [0.2, 0.25) is 0 Å². The summed E-state index contributed by atoms with van der Waals surface area (Å²) in [5.74, 6) is 1.72. The summed E-state index contributed by atoms with van der Waals surface area (Å²) in [6.07, 6.45) is 0. The summed E-state index contributed by atoms with van der Waals surface area (Å²) in [6.45, 7) is 3.31. The first-order chi connectivity index (χ1) is 10.9. The van der Waals surface area contributed by atoms with Gasteiger partial charge in [0.1, 0.15) is 24.7 Å². The number of hydrogen-bond donors (Lipinski definition) is 0. The zero-order chi connectivity index (χ0) is 15.3. The number of hydrogen-bond acceptors (Lipinski definition) is 4. The van der Waals surface area contributed by atoms with Gasteiger partial charge in [-0.2, -0.15) is 0 Å². The minimum atomic E-state index is 0.543. The van der Waals surface area contributed by atoms with Crippen LogP contribution in [0, 0.1) is 0 Å². The average molecular weight is 302 g/mol. The van der Waals surface area contributed by atoms with E-state index in [1.165, 1.54) is 0 Å². The maximum absolute atomic E-state index is 5.51. The molecule has 0 aliphatic heterocycles. The largest absolute Gasteiger partial charge is 0.491 e. The summed E-state index contributed by atoms with van der Waals surface area (Å²) in [5, 5.41) is 0. The molecule has 0 aliphatic carbocycles. The lowest BCUT2D eigenvalue weighted by Gasteiger charge is -2.08. The van der Waals surface area contributed by atoms with E-state index >= 15 is 0 Å². The third-order valence-corrected chi connectivity index (χ3v) is 2.85. The monoisotopic (exact) mass is 302 g/mol. The molecule has 0 atom stereocenters. The lowest BCUT2D eigenvalue weighted by atomic mass is 10.3. The van der Waals surface area contributed by atoms with Crippen molar-refractivity contribution in [3.05, 3.63) is 60.7 Å². The molecule has 22 heavy (non-hydrogen) atoms. The molecule has 0 bridgehead atoms. The Kier molecular flexibility index (Phi) is 7.91. The lowest BCUT2D eigenvalue weighted by Crippen LogP contribution is -2.13. The fourth-order valence-electron chi connectivity index (χ4n) is 1.79. The van der Waals surface area contributed by atoms with E-state index in [4.69, 9.17) is 18.9 Å². The Hall–Kier alpha value is -2.04. The van der Waals surface area contributed by atoms with Crippen molar-refractivity contribution >= 4 is 0 Å². The second-order valence-electron chi connectivity index (χ2n) is 4.55. The molecule has 0 amide bonds. The van der Waals surface area contributed by atoms with Crippen LogP contribution in [0.1, 0.15) is 0 Å². The number of rotatable bonds is 11. The quantitative estimate of drug-likeness (QED) is 0.597. The molecule has 4 heteroatoms. The number of ether oxygens (including phenoxy) is 4. The summed E-state index contributed by atoms with van der Waals surface area (Å²) in [5.41, 5.74) is 0. The second kappa shape index (κ2) is 10.7. The van der Waals surface area contributed by atoms with Gasteiger partial charge in [-0.3, -0.25) is 0 Å². The van der Waals surface area contributed by atoms with Crippen LogP contribution in [-0.4, -0.2) is 39.6 Å². The van der Waals surface area contributed by atoms with E-state index in [0.29, 0.717) is 39.6 Å². The van der Waals surface area contributed by atoms with Gasteiger partial charge in [0.15, 0.2) is 0 Å². The molecule has 0 aromatic heterocycles. The molecule has 2 rings (SSSR count). The van der Waals surface area contributed by atoms with Crippen molar-refractivity contribution < 1.29 is 18.9 Å². The van der Waals surface area contributed by atoms with Gasteiger partial charge in [0.05, 0.1) is 26.4 Å². The highest BCUT2D eigenvalue weighted by molar-refractivity contribution is 5.21. The van der Waals surface area contributed by atoms with Gasteiger partial charge in [0.25, 0.3) is 0 Å². The molecular formula is C18H22O4. The van der Waals surface area contributed by atoms with Gasteiger partial charge >= 0.3 is 0 Å². The summed E-state index contributed by atoms with van der Waals surface area (Å²) in [6, 6.07) is 19.4. The highest BCUT2D eigenvalue weighted by atomic mass is 16.6. The molecule has 2 aromatic carbocycles. The molecule has 0 aliphatic rings. The van der Waals surface area contributed by atoms with Gasteiger partial charge < -0.3 is 18.9 Å². The first-order valence-corrected chi connectivity index (χ1v) is 7.46. The molecule has 2 aromatic rings. The maximum Gasteiger partial charge on any atom is 0.119 e. The van der Waals surface area contributed by atoms with E-state index in [9.17, 15) is 0 Å². The molecule has 0 fully saturated rings. The first-order valence-electron chi connectivity index (χ1n) is 7.46. The van der Waals surface area contributed by atoms with Crippen molar-refractivity contribution in [2.24, 2.45) is 0 Å². The van der Waals surface area contributed by atoms with Gasteiger partial charge in [0, 0.05) is 0 Å². The van der Waals surface area contributed by atoms with Crippen molar-refractivity contribution in [2.45, 2.75) is 0 Å². The van der Waals surface area contributed by atoms with Crippen molar-refractivity contribution in [1.29, 1.82) is 0 Å². The number of benzene rings is 2. The van der Waals surface area contributed by atoms with Crippen molar-refractivity contribution in [3.8, 4) is 11.5 Å². The molecular weight excluding hydrogens is 280 g/mol. The van der Waals surface area contributed by atoms with Crippen LogP contribution in [0.3, 0.4) is 0 Å². The predicted molar refractivity (Wildman–Crippen MR) is 85.5 cm³/mol. The zero-order valence-corrected chi connectivity index (χ0v) is 12.6. The van der Waals surface area contributed by atoms with Gasteiger partial charge in [-0.1, -0.05) is 36.4 Å². The molecule has 0 N–H and O–H groups in total. The van der Waals surface area contributed by atoms with Crippen LogP contribution in [0.4, 0.5) is 0 Å². The zero-order valence-electron chi connectivity index (χ0n) is 12.6. The van der Waals surface area contributed by atoms with Crippen LogP contribution >= 0.6 is 0 Å². The lowest BCUT2D eigenvalue weighted by molar-refractivity contribution is 0.0273. The van der Waals surface area contributed by atoms with Crippen molar-refractivity contribution in [1.82, 2.24) is 0 Å². The molecule has 0 saturated carbocycles. The Labute approximate surface area is 131 Å². The Morgan fingerprint density at radius 2 is 0.818 bits per heavy atom. The molecule has 0 heterocycles. The standard InChI is InChI=1S/C18H22O4/c1-3-7-17(8-4-1)21-15-13-19-11-12-20-14-16-22-18-9-5-2-6-10-18/h1-10H,11-16H2. The van der Waals surface area contributed by atoms with Crippen LogP contribution < -0.4 is 9.47 Å². The first kappa shape index (κ1) is 16.3. The predicted octanol–water partition coefficient (Wildman–Crippen LogP) is 3.18. The van der Waals surface area contributed by atoms with Crippen LogP contribution in [0.25, 0.3) is 0 Å². The Bertz CT molecular complexity index is 439. The number of para-hydroxylation sites is 2. The molecule has 118 valence electrons. The fraction of sp³-hybridized carbons (Fsp3) is 0.333. The van der Waals surface area contributed by atoms with Gasteiger partial charge in [-0.25, -0.2) is 0 Å². The SMILES string of the molecule is c1ccc(OCCOCCOCCOc2ccccc2)cc1. The Morgan fingerprint density at radius 1 is 0.455 bits per heavy atom. The van der Waals surface area contributed by atoms with Crippen molar-refractivity contribution in [2.75, 3.05) is 39.6 Å². The second-order valence-corrected chi connectivity index (χ2v) is 4.55. The third kappa shape index (κ3) is 7.11. The van der Waals surface area contributed by atoms with E-state index in [0.717, 1.165) is 11.5 Å². The van der Waals surface area contributed by atoms with Crippen LogP contribution in [0.5, 0.6) is 11.5 Å². The van der Waals surface area contributed by atoms with E-state index in [1.807, 2.05) is 60.7 Å².